The number of methoxy groups -OCH3 is 1. The number of nitrogens with zero attached hydrogens (tertiary/aromatic N) is 2. The summed E-state index contributed by atoms with van der Waals surface area (Å²) in [5, 5.41) is 5.99. The summed E-state index contributed by atoms with van der Waals surface area (Å²) in [6, 6.07) is 16.8. The number of anilines is 1. The first-order valence-corrected chi connectivity index (χ1v) is 6.69. The third-order valence-corrected chi connectivity index (χ3v) is 3.07. The largest absolute Gasteiger partial charge is 0.497 e. The molecule has 2 aromatic carbocycles. The number of ketones is 1. The van der Waals surface area contributed by atoms with Gasteiger partial charge in [-0.05, 0) is 36.4 Å². The molecule has 0 bridgehead atoms. The van der Waals surface area contributed by atoms with Gasteiger partial charge in [0.1, 0.15) is 5.75 Å². The van der Waals surface area contributed by atoms with Gasteiger partial charge in [-0.15, -0.1) is 0 Å². The van der Waals surface area contributed by atoms with E-state index in [1.54, 1.807) is 42.6 Å². The van der Waals surface area contributed by atoms with Gasteiger partial charge in [-0.25, -0.2) is 0 Å². The molecule has 0 spiro atoms. The van der Waals surface area contributed by atoms with Crippen LogP contribution in [0.2, 0.25) is 0 Å². The van der Waals surface area contributed by atoms with Crippen LogP contribution in [0.5, 0.6) is 5.75 Å². The van der Waals surface area contributed by atoms with Crippen LogP contribution in [-0.2, 0) is 0 Å². The minimum absolute atomic E-state index is 0.0304. The van der Waals surface area contributed by atoms with Gasteiger partial charge in [-0.2, -0.15) is 5.10 Å². The maximum atomic E-state index is 12.0. The minimum Gasteiger partial charge on any atom is -0.497 e. The number of para-hydroxylation sites is 1. The quantitative estimate of drug-likeness (QED) is 0.463. The van der Waals surface area contributed by atoms with E-state index in [0.717, 1.165) is 11.4 Å². The van der Waals surface area contributed by atoms with Crippen molar-refractivity contribution in [2.24, 2.45) is 5.10 Å². The molecule has 0 N–H and O–H groups in total. The molecule has 0 atom stereocenters. The molecule has 0 amide bonds. The van der Waals surface area contributed by atoms with Crippen LogP contribution in [0.25, 0.3) is 0 Å². The first kappa shape index (κ1) is 14.8. The number of carbonyl (C=O) groups excluding carboxylic acids is 1. The summed E-state index contributed by atoms with van der Waals surface area (Å²) in [6.45, 7) is 0. The van der Waals surface area contributed by atoms with Crippen LogP contribution < -0.4 is 9.75 Å². The second-order valence-corrected chi connectivity index (χ2v) is 4.51. The second kappa shape index (κ2) is 7.24. The topological polar surface area (TPSA) is 41.9 Å². The summed E-state index contributed by atoms with van der Waals surface area (Å²) in [5.41, 5.74) is 1.63. The van der Waals surface area contributed by atoms with E-state index in [-0.39, 0.29) is 12.2 Å². The fraction of sp³-hybridized carbons (Fsp3) is 0.176. The van der Waals surface area contributed by atoms with E-state index in [1.807, 2.05) is 37.4 Å². The number of ether oxygens (including phenoxy) is 1. The first-order valence-electron chi connectivity index (χ1n) is 6.69. The van der Waals surface area contributed by atoms with Crippen molar-refractivity contribution in [3.8, 4) is 5.75 Å². The Kier molecular flexibility index (Phi) is 5.10. The van der Waals surface area contributed by atoms with Crippen LogP contribution in [-0.4, -0.2) is 26.2 Å². The van der Waals surface area contributed by atoms with Gasteiger partial charge in [0.2, 0.25) is 0 Å². The predicted molar refractivity (Wildman–Crippen MR) is 85.3 cm³/mol. The maximum absolute atomic E-state index is 12.0. The third-order valence-electron chi connectivity index (χ3n) is 3.07. The Morgan fingerprint density at radius 3 is 2.43 bits per heavy atom. The average molecular weight is 282 g/mol. The molecule has 4 nitrogen and oxygen atoms in total. The van der Waals surface area contributed by atoms with Crippen molar-refractivity contribution in [3.63, 3.8) is 0 Å². The van der Waals surface area contributed by atoms with E-state index in [9.17, 15) is 4.79 Å². The highest BCUT2D eigenvalue weighted by Crippen LogP contribution is 2.13. The summed E-state index contributed by atoms with van der Waals surface area (Å²) in [4.78, 5) is 12.0. The molecule has 0 radical (unpaired) electrons. The van der Waals surface area contributed by atoms with E-state index >= 15 is 0 Å². The van der Waals surface area contributed by atoms with Crippen LogP contribution in [0.1, 0.15) is 16.8 Å². The van der Waals surface area contributed by atoms with E-state index in [1.165, 1.54) is 0 Å². The SMILES string of the molecule is COc1ccc(C(=O)C/C=N/N(C)c2ccccc2)cc1. The van der Waals surface area contributed by atoms with Gasteiger partial charge in [0.15, 0.2) is 5.78 Å². The molecule has 2 rings (SSSR count). The van der Waals surface area contributed by atoms with Crippen molar-refractivity contribution in [2.45, 2.75) is 6.42 Å². The fourth-order valence-corrected chi connectivity index (χ4v) is 1.85. The molecule has 21 heavy (non-hydrogen) atoms. The van der Waals surface area contributed by atoms with Gasteiger partial charge < -0.3 is 4.74 Å². The van der Waals surface area contributed by atoms with Gasteiger partial charge >= 0.3 is 0 Å². The number of hydrazone groups is 1. The van der Waals surface area contributed by atoms with E-state index in [2.05, 4.69) is 5.10 Å². The zero-order valence-corrected chi connectivity index (χ0v) is 12.2. The number of hydrogen-bond donors (Lipinski definition) is 0. The number of carbonyl (C=O) groups is 1. The lowest BCUT2D eigenvalue weighted by Gasteiger charge is -2.11. The molecule has 0 aliphatic rings. The second-order valence-electron chi connectivity index (χ2n) is 4.51. The Balaban J connectivity index is 1.92. The monoisotopic (exact) mass is 282 g/mol. The number of benzene rings is 2. The molecule has 0 saturated heterocycles. The lowest BCUT2D eigenvalue weighted by atomic mass is 10.1. The van der Waals surface area contributed by atoms with E-state index in [4.69, 9.17) is 4.74 Å². The van der Waals surface area contributed by atoms with Crippen molar-refractivity contribution < 1.29 is 9.53 Å². The lowest BCUT2D eigenvalue weighted by molar-refractivity contribution is 0.100. The lowest BCUT2D eigenvalue weighted by Crippen LogP contribution is -2.09. The Hall–Kier alpha value is -2.62. The normalized spacial score (nSPS) is 10.6. The molecular weight excluding hydrogens is 264 g/mol. The van der Waals surface area contributed by atoms with Crippen molar-refractivity contribution >= 4 is 17.7 Å². The zero-order chi connectivity index (χ0) is 15.1. The van der Waals surface area contributed by atoms with Crippen LogP contribution in [0.4, 0.5) is 5.69 Å². The Bertz CT molecular complexity index is 606. The van der Waals surface area contributed by atoms with E-state index < -0.39 is 0 Å². The standard InChI is InChI=1S/C17H18N2O2/c1-19(15-6-4-3-5-7-15)18-13-12-17(20)14-8-10-16(21-2)11-9-14/h3-11,13H,12H2,1-2H3/b18-13+. The van der Waals surface area contributed by atoms with Gasteiger partial charge in [0.05, 0.1) is 12.8 Å². The predicted octanol–water partition coefficient (Wildman–Crippen LogP) is 3.39. The Labute approximate surface area is 124 Å². The molecule has 0 heterocycles. The summed E-state index contributed by atoms with van der Waals surface area (Å²) in [7, 11) is 3.45. The fourth-order valence-electron chi connectivity index (χ4n) is 1.85. The molecular formula is C17H18N2O2. The highest BCUT2D eigenvalue weighted by atomic mass is 16.5. The molecule has 0 aliphatic carbocycles. The van der Waals surface area contributed by atoms with Crippen molar-refractivity contribution in [2.75, 3.05) is 19.2 Å². The molecule has 0 aliphatic heterocycles. The number of rotatable bonds is 6. The van der Waals surface area contributed by atoms with Crippen LogP contribution >= 0.6 is 0 Å². The van der Waals surface area contributed by atoms with Crippen LogP contribution in [0.3, 0.4) is 0 Å². The van der Waals surface area contributed by atoms with Crippen molar-refractivity contribution in [1.29, 1.82) is 0 Å². The van der Waals surface area contributed by atoms with Gasteiger partial charge in [0.25, 0.3) is 0 Å². The molecule has 0 saturated carbocycles. The first-order chi connectivity index (χ1) is 10.2. The van der Waals surface area contributed by atoms with Crippen molar-refractivity contribution in [1.82, 2.24) is 0 Å². The molecule has 0 aromatic heterocycles. The number of Topliss-reactive ketones (excluding diaryl/α,β-unsaturated/α-hetero) is 1. The Morgan fingerprint density at radius 1 is 1.14 bits per heavy atom. The highest BCUT2D eigenvalue weighted by molar-refractivity contribution is 6.03. The Morgan fingerprint density at radius 2 is 1.81 bits per heavy atom. The van der Waals surface area contributed by atoms with Crippen LogP contribution in [0, 0.1) is 0 Å². The molecule has 2 aromatic rings. The average Bonchev–Trinajstić information content (AvgIpc) is 2.55. The van der Waals surface area contributed by atoms with E-state index in [0.29, 0.717) is 5.56 Å². The van der Waals surface area contributed by atoms with Gasteiger partial charge in [-0.3, -0.25) is 9.80 Å². The van der Waals surface area contributed by atoms with Gasteiger partial charge in [-0.1, -0.05) is 18.2 Å². The smallest absolute Gasteiger partial charge is 0.168 e. The molecule has 0 unspecified atom stereocenters. The van der Waals surface area contributed by atoms with Gasteiger partial charge in [0, 0.05) is 25.2 Å². The molecule has 0 fully saturated rings. The summed E-state index contributed by atoms with van der Waals surface area (Å²) in [5.74, 6) is 0.770. The summed E-state index contributed by atoms with van der Waals surface area (Å²) >= 11 is 0. The third kappa shape index (κ3) is 4.18. The zero-order valence-electron chi connectivity index (χ0n) is 12.2. The summed E-state index contributed by atoms with van der Waals surface area (Å²) in [6.07, 6.45) is 1.89. The number of hydrogen-bond acceptors (Lipinski definition) is 4. The minimum atomic E-state index is 0.0304. The summed E-state index contributed by atoms with van der Waals surface area (Å²) < 4.78 is 5.07. The highest BCUT2D eigenvalue weighted by Gasteiger charge is 2.04. The van der Waals surface area contributed by atoms with Crippen molar-refractivity contribution in [3.05, 3.63) is 60.2 Å². The maximum Gasteiger partial charge on any atom is 0.168 e. The molecule has 108 valence electrons. The molecule has 4 heteroatoms. The van der Waals surface area contributed by atoms with Crippen LogP contribution in [0.15, 0.2) is 59.7 Å².